The minimum atomic E-state index is -0.280. The second kappa shape index (κ2) is 10.8. The number of rotatable bonds is 8. The van der Waals surface area contributed by atoms with E-state index in [0.717, 1.165) is 42.1 Å². The van der Waals surface area contributed by atoms with Gasteiger partial charge in [0, 0.05) is 31.2 Å². The molecule has 0 saturated carbocycles. The van der Waals surface area contributed by atoms with Crippen molar-refractivity contribution in [1.29, 1.82) is 0 Å². The molecule has 0 radical (unpaired) electrons. The maximum Gasteiger partial charge on any atom is 0.273 e. The second-order valence-electron chi connectivity index (χ2n) is 8.44. The summed E-state index contributed by atoms with van der Waals surface area (Å²) in [5.41, 5.74) is 1.90. The summed E-state index contributed by atoms with van der Waals surface area (Å²) in [6, 6.07) is 7.62. The zero-order valence-electron chi connectivity index (χ0n) is 19.5. The Morgan fingerprint density at radius 3 is 2.68 bits per heavy atom. The molecule has 3 heterocycles. The van der Waals surface area contributed by atoms with Crippen molar-refractivity contribution in [3.63, 3.8) is 0 Å². The Morgan fingerprint density at radius 2 is 1.94 bits per heavy atom. The molecule has 9 nitrogen and oxygen atoms in total. The van der Waals surface area contributed by atoms with Crippen LogP contribution in [0, 0.1) is 5.92 Å². The standard InChI is InChI=1S/C24H30N6O3S/c1-3-11-25-22(32)17-9-12-29(13-10-17)24-28-21-20(34-24)23(33)30(15-26-21)14-19(31)27-18-8-6-5-7-16(18)4-2/h5-8,15,17H,3-4,9-14H2,1-2H3,(H,25,32)(H,27,31). The van der Waals surface area contributed by atoms with Crippen molar-refractivity contribution in [1.82, 2.24) is 19.9 Å². The van der Waals surface area contributed by atoms with E-state index in [2.05, 4.69) is 25.5 Å². The number of thiazole rings is 1. The Morgan fingerprint density at radius 1 is 1.18 bits per heavy atom. The summed E-state index contributed by atoms with van der Waals surface area (Å²) in [5, 5.41) is 6.59. The van der Waals surface area contributed by atoms with Gasteiger partial charge in [-0.15, -0.1) is 0 Å². The molecule has 1 aliphatic heterocycles. The van der Waals surface area contributed by atoms with E-state index in [4.69, 9.17) is 0 Å². The maximum atomic E-state index is 13.0. The van der Waals surface area contributed by atoms with Crippen LogP contribution in [0.25, 0.3) is 10.3 Å². The van der Waals surface area contributed by atoms with E-state index in [0.29, 0.717) is 30.0 Å². The number of carbonyl (C=O) groups excluding carboxylic acids is 2. The molecular formula is C24H30N6O3S. The van der Waals surface area contributed by atoms with Crippen molar-refractivity contribution in [3.05, 3.63) is 46.5 Å². The molecule has 1 saturated heterocycles. The van der Waals surface area contributed by atoms with Gasteiger partial charge in [0.25, 0.3) is 5.56 Å². The van der Waals surface area contributed by atoms with Gasteiger partial charge < -0.3 is 15.5 Å². The van der Waals surface area contributed by atoms with Crippen LogP contribution in [0.3, 0.4) is 0 Å². The molecule has 0 bridgehead atoms. The van der Waals surface area contributed by atoms with Crippen molar-refractivity contribution < 1.29 is 9.59 Å². The van der Waals surface area contributed by atoms with Gasteiger partial charge in [-0.3, -0.25) is 19.0 Å². The Labute approximate surface area is 202 Å². The highest BCUT2D eigenvalue weighted by atomic mass is 32.1. The van der Waals surface area contributed by atoms with E-state index in [1.54, 1.807) is 0 Å². The summed E-state index contributed by atoms with van der Waals surface area (Å²) >= 11 is 1.29. The molecule has 2 amide bonds. The number of aromatic nitrogens is 3. The van der Waals surface area contributed by atoms with Crippen LogP contribution in [0.5, 0.6) is 0 Å². The maximum absolute atomic E-state index is 13.0. The average molecular weight is 483 g/mol. The normalized spacial score (nSPS) is 14.4. The van der Waals surface area contributed by atoms with Crippen LogP contribution in [-0.4, -0.2) is 46.0 Å². The van der Waals surface area contributed by atoms with Gasteiger partial charge in [-0.1, -0.05) is 43.4 Å². The van der Waals surface area contributed by atoms with Crippen LogP contribution in [0.4, 0.5) is 10.8 Å². The first-order chi connectivity index (χ1) is 16.5. The Balaban J connectivity index is 1.43. The fourth-order valence-corrected chi connectivity index (χ4v) is 5.12. The SMILES string of the molecule is CCCNC(=O)C1CCN(c2nc3ncn(CC(=O)Nc4ccccc4CC)c(=O)c3s2)CC1. The average Bonchev–Trinajstić information content (AvgIpc) is 3.30. The summed E-state index contributed by atoms with van der Waals surface area (Å²) in [6.45, 7) is 6.06. The summed E-state index contributed by atoms with van der Waals surface area (Å²) in [5.74, 6) is -0.142. The molecule has 2 N–H and O–H groups in total. The van der Waals surface area contributed by atoms with Gasteiger partial charge in [0.1, 0.15) is 17.6 Å². The number of fused-ring (bicyclic) bond motifs is 1. The number of piperidine rings is 1. The van der Waals surface area contributed by atoms with Gasteiger partial charge in [0.05, 0.1) is 0 Å². The van der Waals surface area contributed by atoms with E-state index in [9.17, 15) is 14.4 Å². The Bertz CT molecular complexity index is 1230. The first-order valence-corrected chi connectivity index (χ1v) is 12.6. The lowest BCUT2D eigenvalue weighted by molar-refractivity contribution is -0.125. The summed E-state index contributed by atoms with van der Waals surface area (Å²) in [6.07, 6.45) is 4.61. The molecule has 4 rings (SSSR count). The van der Waals surface area contributed by atoms with Gasteiger partial charge in [-0.2, -0.15) is 4.98 Å². The predicted molar refractivity (Wildman–Crippen MR) is 134 cm³/mol. The van der Waals surface area contributed by atoms with Crippen molar-refractivity contribution in [2.75, 3.05) is 29.9 Å². The van der Waals surface area contributed by atoms with Crippen molar-refractivity contribution in [3.8, 4) is 0 Å². The molecular weight excluding hydrogens is 452 g/mol. The molecule has 10 heteroatoms. The largest absolute Gasteiger partial charge is 0.356 e. The quantitative estimate of drug-likeness (QED) is 0.511. The van der Waals surface area contributed by atoms with Gasteiger partial charge >= 0.3 is 0 Å². The monoisotopic (exact) mass is 482 g/mol. The molecule has 1 aliphatic rings. The van der Waals surface area contributed by atoms with Crippen LogP contribution in [-0.2, 0) is 22.6 Å². The van der Waals surface area contributed by atoms with E-state index < -0.39 is 0 Å². The zero-order valence-corrected chi connectivity index (χ0v) is 20.4. The molecule has 0 spiro atoms. The smallest absolute Gasteiger partial charge is 0.273 e. The molecule has 0 aliphatic carbocycles. The topological polar surface area (TPSA) is 109 Å². The molecule has 3 aromatic rings. The van der Waals surface area contributed by atoms with Crippen molar-refractivity contribution in [2.24, 2.45) is 5.92 Å². The lowest BCUT2D eigenvalue weighted by atomic mass is 9.96. The van der Waals surface area contributed by atoms with Crippen LogP contribution < -0.4 is 21.1 Å². The molecule has 0 atom stereocenters. The van der Waals surface area contributed by atoms with Gasteiger partial charge in [0.15, 0.2) is 10.8 Å². The summed E-state index contributed by atoms with van der Waals surface area (Å²) in [7, 11) is 0. The van der Waals surface area contributed by atoms with E-state index in [1.807, 2.05) is 38.1 Å². The molecule has 180 valence electrons. The molecule has 0 unspecified atom stereocenters. The van der Waals surface area contributed by atoms with Crippen molar-refractivity contribution >= 4 is 44.3 Å². The number of anilines is 2. The number of benzene rings is 1. The lowest BCUT2D eigenvalue weighted by Crippen LogP contribution is -2.40. The first-order valence-electron chi connectivity index (χ1n) is 11.8. The minimum absolute atomic E-state index is 0.0175. The number of nitrogens with zero attached hydrogens (tertiary/aromatic N) is 4. The van der Waals surface area contributed by atoms with Crippen LogP contribution in [0.2, 0.25) is 0 Å². The van der Waals surface area contributed by atoms with Crippen LogP contribution in [0.15, 0.2) is 35.4 Å². The third-order valence-corrected chi connectivity index (χ3v) is 7.14. The zero-order chi connectivity index (χ0) is 24.1. The third kappa shape index (κ3) is 5.27. The third-order valence-electron chi connectivity index (χ3n) is 6.04. The number of aryl methyl sites for hydroxylation is 1. The van der Waals surface area contributed by atoms with E-state index >= 15 is 0 Å². The van der Waals surface area contributed by atoms with Gasteiger partial charge in [0.2, 0.25) is 11.8 Å². The van der Waals surface area contributed by atoms with Gasteiger partial charge in [-0.25, -0.2) is 4.98 Å². The van der Waals surface area contributed by atoms with Crippen LogP contribution >= 0.6 is 11.3 Å². The molecule has 34 heavy (non-hydrogen) atoms. The fourth-order valence-electron chi connectivity index (χ4n) is 4.10. The highest BCUT2D eigenvalue weighted by Gasteiger charge is 2.26. The number of nitrogens with one attached hydrogen (secondary N) is 2. The fraction of sp³-hybridized carbons (Fsp3) is 0.458. The van der Waals surface area contributed by atoms with E-state index in [-0.39, 0.29) is 29.8 Å². The Kier molecular flexibility index (Phi) is 7.56. The highest BCUT2D eigenvalue weighted by Crippen LogP contribution is 2.29. The molecule has 1 fully saturated rings. The highest BCUT2D eigenvalue weighted by molar-refractivity contribution is 7.22. The first kappa shape index (κ1) is 23.9. The number of amides is 2. The molecule has 2 aromatic heterocycles. The lowest BCUT2D eigenvalue weighted by Gasteiger charge is -2.30. The van der Waals surface area contributed by atoms with Crippen LogP contribution in [0.1, 0.15) is 38.7 Å². The van der Waals surface area contributed by atoms with E-state index in [1.165, 1.54) is 22.2 Å². The summed E-state index contributed by atoms with van der Waals surface area (Å²) in [4.78, 5) is 48.8. The number of carbonyl (C=O) groups is 2. The number of hydrogen-bond acceptors (Lipinski definition) is 7. The second-order valence-corrected chi connectivity index (χ2v) is 9.42. The number of para-hydroxylation sites is 1. The Hall–Kier alpha value is -3.27. The predicted octanol–water partition coefficient (Wildman–Crippen LogP) is 2.80. The van der Waals surface area contributed by atoms with Crippen molar-refractivity contribution in [2.45, 2.75) is 46.1 Å². The molecule has 1 aromatic carbocycles. The minimum Gasteiger partial charge on any atom is -0.356 e. The van der Waals surface area contributed by atoms with Gasteiger partial charge in [-0.05, 0) is 37.3 Å². The summed E-state index contributed by atoms with van der Waals surface area (Å²) < 4.78 is 1.75. The number of hydrogen-bond donors (Lipinski definition) is 2.